The summed E-state index contributed by atoms with van der Waals surface area (Å²) in [7, 11) is 0. The number of esters is 2. The number of rotatable bonds is 5. The van der Waals surface area contributed by atoms with Crippen molar-refractivity contribution < 1.29 is 29.0 Å². The molecule has 0 aromatic rings. The lowest BCUT2D eigenvalue weighted by atomic mass is 9.46. The molecule has 3 rings (SSSR count). The van der Waals surface area contributed by atoms with Crippen molar-refractivity contribution in [2.45, 2.75) is 65.1 Å². The smallest absolute Gasteiger partial charge is 0.343 e. The molecule has 1 N–H and O–H groups in total. The van der Waals surface area contributed by atoms with Gasteiger partial charge in [-0.1, -0.05) is 45.4 Å². The van der Waals surface area contributed by atoms with Gasteiger partial charge in [0.2, 0.25) is 0 Å². The van der Waals surface area contributed by atoms with E-state index < -0.39 is 29.1 Å². The summed E-state index contributed by atoms with van der Waals surface area (Å²) in [4.78, 5) is 37.0. The number of carbonyl (C=O) groups is 3. The maximum atomic E-state index is 12.5. The van der Waals surface area contributed by atoms with Crippen molar-refractivity contribution in [1.29, 1.82) is 0 Å². The van der Waals surface area contributed by atoms with Crippen LogP contribution in [0.3, 0.4) is 0 Å². The molecule has 2 fully saturated rings. The zero-order valence-electron chi connectivity index (χ0n) is 17.6. The SMILES string of the molecule is C/C=C/C=C/C(=O)CC(=O)O[C@H]1C=C2COC(=O)[C@@]2(O)[C@@]2(C)CCCC(C)(C)[C@H]12. The van der Waals surface area contributed by atoms with Crippen molar-refractivity contribution >= 4 is 17.7 Å². The van der Waals surface area contributed by atoms with Crippen LogP contribution in [0.1, 0.15) is 53.4 Å². The number of hydrogen-bond donors (Lipinski definition) is 1. The normalized spacial score (nSPS) is 35.8. The number of ether oxygens (including phenoxy) is 2. The molecule has 0 bridgehead atoms. The third-order valence-electron chi connectivity index (χ3n) is 6.86. The van der Waals surface area contributed by atoms with E-state index in [0.717, 1.165) is 12.8 Å². The van der Waals surface area contributed by atoms with Crippen LogP contribution in [-0.4, -0.2) is 41.1 Å². The number of ketones is 1. The lowest BCUT2D eigenvalue weighted by molar-refractivity contribution is -0.196. The first kappa shape index (κ1) is 21.5. The molecule has 158 valence electrons. The van der Waals surface area contributed by atoms with E-state index in [-0.39, 0.29) is 30.1 Å². The average Bonchev–Trinajstić information content (AvgIpc) is 2.91. The molecule has 6 heteroatoms. The minimum Gasteiger partial charge on any atom is -0.459 e. The largest absolute Gasteiger partial charge is 0.459 e. The average molecular weight is 402 g/mol. The van der Waals surface area contributed by atoms with Crippen LogP contribution >= 0.6 is 0 Å². The van der Waals surface area contributed by atoms with Gasteiger partial charge in [0.25, 0.3) is 0 Å². The topological polar surface area (TPSA) is 89.9 Å². The first-order valence-corrected chi connectivity index (χ1v) is 10.2. The Balaban J connectivity index is 1.90. The van der Waals surface area contributed by atoms with Gasteiger partial charge < -0.3 is 14.6 Å². The van der Waals surface area contributed by atoms with Crippen LogP contribution in [0, 0.1) is 16.7 Å². The van der Waals surface area contributed by atoms with Gasteiger partial charge in [-0.2, -0.15) is 0 Å². The fourth-order valence-electron chi connectivity index (χ4n) is 5.61. The van der Waals surface area contributed by atoms with Gasteiger partial charge in [0.15, 0.2) is 11.4 Å². The highest BCUT2D eigenvalue weighted by molar-refractivity contribution is 6.02. The third-order valence-corrected chi connectivity index (χ3v) is 6.86. The van der Waals surface area contributed by atoms with Gasteiger partial charge >= 0.3 is 11.9 Å². The van der Waals surface area contributed by atoms with E-state index in [1.54, 1.807) is 24.3 Å². The summed E-state index contributed by atoms with van der Waals surface area (Å²) in [6.45, 7) is 7.87. The van der Waals surface area contributed by atoms with E-state index in [2.05, 4.69) is 13.8 Å². The summed E-state index contributed by atoms with van der Waals surface area (Å²) in [6, 6.07) is 0. The van der Waals surface area contributed by atoms with Crippen LogP contribution in [-0.2, 0) is 23.9 Å². The molecule has 0 radical (unpaired) electrons. The molecule has 2 aliphatic carbocycles. The number of cyclic esters (lactones) is 1. The van der Waals surface area contributed by atoms with E-state index in [1.165, 1.54) is 6.08 Å². The lowest BCUT2D eigenvalue weighted by Crippen LogP contribution is -2.65. The molecule has 0 aromatic carbocycles. The predicted octanol–water partition coefficient (Wildman–Crippen LogP) is 3.05. The number of allylic oxidation sites excluding steroid dienone is 4. The molecule has 0 aromatic heterocycles. The Kier molecular flexibility index (Phi) is 5.60. The van der Waals surface area contributed by atoms with Crippen molar-refractivity contribution in [3.8, 4) is 0 Å². The number of carbonyl (C=O) groups excluding carboxylic acids is 3. The maximum Gasteiger partial charge on any atom is 0.343 e. The van der Waals surface area contributed by atoms with E-state index in [1.807, 2.05) is 13.8 Å². The number of aliphatic hydroxyl groups is 1. The van der Waals surface area contributed by atoms with Gasteiger partial charge in [-0.25, -0.2) is 4.79 Å². The molecule has 0 spiro atoms. The lowest BCUT2D eigenvalue weighted by Gasteiger charge is -2.59. The molecule has 3 aliphatic rings. The highest BCUT2D eigenvalue weighted by Crippen LogP contribution is 2.63. The van der Waals surface area contributed by atoms with Gasteiger partial charge in [-0.3, -0.25) is 9.59 Å². The molecule has 6 nitrogen and oxygen atoms in total. The van der Waals surface area contributed by atoms with Gasteiger partial charge in [-0.05, 0) is 37.3 Å². The Morgan fingerprint density at radius 1 is 1.28 bits per heavy atom. The van der Waals surface area contributed by atoms with Crippen LogP contribution in [0.2, 0.25) is 0 Å². The summed E-state index contributed by atoms with van der Waals surface area (Å²) in [5.74, 6) is -1.84. The van der Waals surface area contributed by atoms with E-state index in [0.29, 0.717) is 12.0 Å². The molecule has 1 saturated carbocycles. The second-order valence-corrected chi connectivity index (χ2v) is 9.20. The number of hydrogen-bond acceptors (Lipinski definition) is 6. The monoisotopic (exact) mass is 402 g/mol. The minimum atomic E-state index is -1.69. The van der Waals surface area contributed by atoms with Crippen molar-refractivity contribution in [2.75, 3.05) is 6.61 Å². The van der Waals surface area contributed by atoms with Crippen LogP contribution in [0.4, 0.5) is 0 Å². The second kappa shape index (κ2) is 7.56. The highest BCUT2D eigenvalue weighted by atomic mass is 16.6. The molecule has 1 heterocycles. The van der Waals surface area contributed by atoms with Gasteiger partial charge in [0.05, 0.1) is 0 Å². The second-order valence-electron chi connectivity index (χ2n) is 9.20. The summed E-state index contributed by atoms with van der Waals surface area (Å²) in [5.41, 5.74) is -2.32. The zero-order valence-corrected chi connectivity index (χ0v) is 17.6. The highest BCUT2D eigenvalue weighted by Gasteiger charge is 2.69. The van der Waals surface area contributed by atoms with E-state index >= 15 is 0 Å². The van der Waals surface area contributed by atoms with Crippen molar-refractivity contribution in [2.24, 2.45) is 16.7 Å². The maximum absolute atomic E-state index is 12.5. The molecule has 0 amide bonds. The summed E-state index contributed by atoms with van der Waals surface area (Å²) in [6.07, 6.45) is 9.50. The predicted molar refractivity (Wildman–Crippen MR) is 107 cm³/mol. The standard InChI is InChI=1S/C23H30O6/c1-5-6-7-9-16(24)13-18(25)29-17-12-15-14-28-20(26)23(15,27)22(4)11-8-10-21(2,3)19(17)22/h5-7,9,12,17,19,27H,8,10-11,13-14H2,1-4H3/b6-5+,9-7+/t17-,19-,22-,23+/m0/s1. The van der Waals surface area contributed by atoms with Crippen LogP contribution in [0.5, 0.6) is 0 Å². The van der Waals surface area contributed by atoms with Gasteiger partial charge in [0.1, 0.15) is 19.1 Å². The number of fused-ring (bicyclic) bond motifs is 3. The molecule has 1 aliphatic heterocycles. The van der Waals surface area contributed by atoms with Crippen LogP contribution in [0.15, 0.2) is 36.0 Å². The summed E-state index contributed by atoms with van der Waals surface area (Å²) in [5, 5.41) is 11.4. The summed E-state index contributed by atoms with van der Waals surface area (Å²) < 4.78 is 11.0. The molecule has 0 unspecified atom stereocenters. The first-order chi connectivity index (χ1) is 13.6. The first-order valence-electron chi connectivity index (χ1n) is 10.2. The van der Waals surface area contributed by atoms with Gasteiger partial charge in [0, 0.05) is 16.9 Å². The van der Waals surface area contributed by atoms with Crippen LogP contribution in [0.25, 0.3) is 0 Å². The van der Waals surface area contributed by atoms with Crippen molar-refractivity contribution in [3.63, 3.8) is 0 Å². The van der Waals surface area contributed by atoms with Crippen LogP contribution < -0.4 is 0 Å². The summed E-state index contributed by atoms with van der Waals surface area (Å²) >= 11 is 0. The quantitative estimate of drug-likeness (QED) is 0.250. The van der Waals surface area contributed by atoms with E-state index in [9.17, 15) is 19.5 Å². The van der Waals surface area contributed by atoms with E-state index in [4.69, 9.17) is 9.47 Å². The fraction of sp³-hybridized carbons (Fsp3) is 0.609. The Bertz CT molecular complexity index is 804. The Hall–Kier alpha value is -2.21. The minimum absolute atomic E-state index is 0.00283. The Morgan fingerprint density at radius 3 is 2.69 bits per heavy atom. The molecular formula is C23H30O6. The molecule has 29 heavy (non-hydrogen) atoms. The zero-order chi connectivity index (χ0) is 21.4. The van der Waals surface area contributed by atoms with Crippen molar-refractivity contribution in [3.05, 3.63) is 36.0 Å². The fourth-order valence-corrected chi connectivity index (χ4v) is 5.61. The Morgan fingerprint density at radius 2 is 2.00 bits per heavy atom. The Labute approximate surface area is 171 Å². The molecular weight excluding hydrogens is 372 g/mol. The third kappa shape index (κ3) is 3.48. The van der Waals surface area contributed by atoms with Gasteiger partial charge in [-0.15, -0.1) is 0 Å². The molecule has 1 saturated heterocycles. The molecule has 4 atom stereocenters. The van der Waals surface area contributed by atoms with Crippen molar-refractivity contribution in [1.82, 2.24) is 0 Å².